The number of nitrogens with one attached hydrogen (secondary N) is 1. The highest BCUT2D eigenvalue weighted by atomic mass is 15.1. The van der Waals surface area contributed by atoms with Crippen LogP contribution in [0.3, 0.4) is 0 Å². The van der Waals surface area contributed by atoms with E-state index in [1.807, 2.05) is 30.5 Å². The van der Waals surface area contributed by atoms with E-state index in [1.165, 1.54) is 11.1 Å². The third-order valence-corrected chi connectivity index (χ3v) is 3.00. The number of likely N-dealkylation sites (N-methyl/N-ethyl adjacent to an activating group) is 1. The Hall–Kier alpha value is -1.61. The van der Waals surface area contributed by atoms with Gasteiger partial charge in [0, 0.05) is 30.4 Å². The predicted octanol–water partition coefficient (Wildman–Crippen LogP) is 2.60. The first kappa shape index (κ1) is 11.9. The number of nitrogens with zero attached hydrogens (tertiary/aromatic N) is 2. The molecule has 17 heavy (non-hydrogen) atoms. The van der Waals surface area contributed by atoms with E-state index in [0.29, 0.717) is 0 Å². The van der Waals surface area contributed by atoms with Crippen LogP contribution in [0.4, 0.5) is 5.69 Å². The third-order valence-electron chi connectivity index (χ3n) is 3.00. The molecule has 0 spiro atoms. The lowest BCUT2D eigenvalue weighted by molar-refractivity contribution is 0.367. The molecule has 1 heterocycles. The van der Waals surface area contributed by atoms with E-state index in [1.54, 1.807) is 0 Å². The fourth-order valence-corrected chi connectivity index (χ4v) is 1.79. The molecule has 2 rings (SSSR count). The molecule has 0 aliphatic heterocycles. The van der Waals surface area contributed by atoms with Gasteiger partial charge in [-0.1, -0.05) is 25.1 Å². The molecule has 0 aliphatic carbocycles. The fraction of sp³-hybridized carbons (Fsp3) is 0.357. The summed E-state index contributed by atoms with van der Waals surface area (Å²) in [7, 11) is 2.13. The maximum Gasteiger partial charge on any atom is 0.0722 e. The normalized spacial score (nSPS) is 11.0. The SMILES string of the molecule is CCN(C)CCNc1ccnc2ccccc12. The third kappa shape index (κ3) is 2.94. The molecule has 0 bridgehead atoms. The molecule has 2 aromatic rings. The largest absolute Gasteiger partial charge is 0.383 e. The van der Waals surface area contributed by atoms with Gasteiger partial charge in [0.05, 0.1) is 5.52 Å². The van der Waals surface area contributed by atoms with Crippen molar-refractivity contribution in [1.82, 2.24) is 9.88 Å². The summed E-state index contributed by atoms with van der Waals surface area (Å²) in [5.74, 6) is 0. The average Bonchev–Trinajstić information content (AvgIpc) is 2.39. The van der Waals surface area contributed by atoms with Crippen molar-refractivity contribution in [2.75, 3.05) is 32.0 Å². The van der Waals surface area contributed by atoms with Crippen LogP contribution in [0, 0.1) is 0 Å². The summed E-state index contributed by atoms with van der Waals surface area (Å²) in [6, 6.07) is 10.2. The van der Waals surface area contributed by atoms with E-state index in [4.69, 9.17) is 0 Å². The lowest BCUT2D eigenvalue weighted by Gasteiger charge is -2.15. The molecular formula is C14H19N3. The number of hydrogen-bond donors (Lipinski definition) is 1. The topological polar surface area (TPSA) is 28.2 Å². The Morgan fingerprint density at radius 1 is 1.24 bits per heavy atom. The van der Waals surface area contributed by atoms with Gasteiger partial charge in [0.25, 0.3) is 0 Å². The van der Waals surface area contributed by atoms with E-state index >= 15 is 0 Å². The number of para-hydroxylation sites is 1. The molecule has 0 saturated carbocycles. The summed E-state index contributed by atoms with van der Waals surface area (Å²) in [5.41, 5.74) is 2.21. The van der Waals surface area contributed by atoms with Crippen molar-refractivity contribution in [3.05, 3.63) is 36.5 Å². The molecule has 0 unspecified atom stereocenters. The van der Waals surface area contributed by atoms with Gasteiger partial charge in [0.1, 0.15) is 0 Å². The van der Waals surface area contributed by atoms with Crippen LogP contribution >= 0.6 is 0 Å². The van der Waals surface area contributed by atoms with Crippen LogP contribution in [0.25, 0.3) is 10.9 Å². The van der Waals surface area contributed by atoms with Gasteiger partial charge < -0.3 is 10.2 Å². The molecule has 0 fully saturated rings. The Bertz CT molecular complexity index is 476. The smallest absolute Gasteiger partial charge is 0.0722 e. The molecule has 3 heteroatoms. The van der Waals surface area contributed by atoms with E-state index in [9.17, 15) is 0 Å². The molecule has 0 amide bonds. The van der Waals surface area contributed by atoms with Gasteiger partial charge in [-0.3, -0.25) is 4.98 Å². The van der Waals surface area contributed by atoms with Gasteiger partial charge in [-0.05, 0) is 25.7 Å². The van der Waals surface area contributed by atoms with E-state index in [-0.39, 0.29) is 0 Å². The van der Waals surface area contributed by atoms with E-state index < -0.39 is 0 Å². The van der Waals surface area contributed by atoms with Crippen molar-refractivity contribution in [2.45, 2.75) is 6.92 Å². The second-order valence-corrected chi connectivity index (χ2v) is 4.20. The van der Waals surface area contributed by atoms with Crippen LogP contribution in [-0.2, 0) is 0 Å². The molecule has 90 valence electrons. The molecule has 0 saturated heterocycles. The molecule has 1 N–H and O–H groups in total. The predicted molar refractivity (Wildman–Crippen MR) is 73.4 cm³/mol. The highest BCUT2D eigenvalue weighted by Crippen LogP contribution is 2.20. The molecular weight excluding hydrogens is 210 g/mol. The molecule has 1 aromatic heterocycles. The van der Waals surface area contributed by atoms with Crippen molar-refractivity contribution >= 4 is 16.6 Å². The first-order valence-electron chi connectivity index (χ1n) is 6.07. The van der Waals surface area contributed by atoms with Gasteiger partial charge in [0.15, 0.2) is 0 Å². The first-order chi connectivity index (χ1) is 8.31. The molecule has 0 aliphatic rings. The van der Waals surface area contributed by atoms with Crippen molar-refractivity contribution in [3.63, 3.8) is 0 Å². The second-order valence-electron chi connectivity index (χ2n) is 4.20. The van der Waals surface area contributed by atoms with E-state index in [2.05, 4.69) is 35.2 Å². The van der Waals surface area contributed by atoms with Crippen molar-refractivity contribution in [3.8, 4) is 0 Å². The van der Waals surface area contributed by atoms with Crippen LogP contribution in [0.2, 0.25) is 0 Å². The highest BCUT2D eigenvalue weighted by Gasteiger charge is 2.00. The standard InChI is InChI=1S/C14H19N3/c1-3-17(2)11-10-16-14-8-9-15-13-7-5-4-6-12(13)14/h4-9H,3,10-11H2,1-2H3,(H,15,16). The zero-order valence-electron chi connectivity index (χ0n) is 10.5. The Morgan fingerprint density at radius 3 is 2.88 bits per heavy atom. The lowest BCUT2D eigenvalue weighted by atomic mass is 10.2. The maximum atomic E-state index is 4.35. The number of pyridine rings is 1. The fourth-order valence-electron chi connectivity index (χ4n) is 1.79. The van der Waals surface area contributed by atoms with Crippen LogP contribution in [0.5, 0.6) is 0 Å². The summed E-state index contributed by atoms with van der Waals surface area (Å²) < 4.78 is 0. The van der Waals surface area contributed by atoms with Gasteiger partial charge in [-0.15, -0.1) is 0 Å². The first-order valence-corrected chi connectivity index (χ1v) is 6.07. The lowest BCUT2D eigenvalue weighted by Crippen LogP contribution is -2.24. The zero-order chi connectivity index (χ0) is 12.1. The Balaban J connectivity index is 2.08. The van der Waals surface area contributed by atoms with Gasteiger partial charge in [-0.25, -0.2) is 0 Å². The summed E-state index contributed by atoms with van der Waals surface area (Å²) in [4.78, 5) is 6.64. The Labute approximate surface area is 102 Å². The summed E-state index contributed by atoms with van der Waals surface area (Å²) in [6.45, 7) is 5.26. The minimum absolute atomic E-state index is 0.957. The summed E-state index contributed by atoms with van der Waals surface area (Å²) in [5, 5.41) is 4.66. The zero-order valence-corrected chi connectivity index (χ0v) is 10.5. The van der Waals surface area contributed by atoms with Crippen LogP contribution in [-0.4, -0.2) is 36.6 Å². The highest BCUT2D eigenvalue weighted by molar-refractivity contribution is 5.90. The van der Waals surface area contributed by atoms with Crippen LogP contribution in [0.15, 0.2) is 36.5 Å². The maximum absolute atomic E-state index is 4.35. The van der Waals surface area contributed by atoms with Crippen LogP contribution in [0.1, 0.15) is 6.92 Å². The number of benzene rings is 1. The summed E-state index contributed by atoms with van der Waals surface area (Å²) >= 11 is 0. The number of fused-ring (bicyclic) bond motifs is 1. The molecule has 0 atom stereocenters. The second kappa shape index (κ2) is 5.64. The van der Waals surface area contributed by atoms with Gasteiger partial charge >= 0.3 is 0 Å². The minimum Gasteiger partial charge on any atom is -0.383 e. The van der Waals surface area contributed by atoms with Gasteiger partial charge in [-0.2, -0.15) is 0 Å². The van der Waals surface area contributed by atoms with Gasteiger partial charge in [0.2, 0.25) is 0 Å². The number of aromatic nitrogens is 1. The minimum atomic E-state index is 0.957. The van der Waals surface area contributed by atoms with Crippen LogP contribution < -0.4 is 5.32 Å². The van der Waals surface area contributed by atoms with E-state index in [0.717, 1.165) is 25.2 Å². The van der Waals surface area contributed by atoms with Crippen molar-refractivity contribution < 1.29 is 0 Å². The molecule has 0 radical (unpaired) electrons. The van der Waals surface area contributed by atoms with Crippen molar-refractivity contribution in [2.24, 2.45) is 0 Å². The van der Waals surface area contributed by atoms with Crippen molar-refractivity contribution in [1.29, 1.82) is 0 Å². The number of anilines is 1. The number of hydrogen-bond acceptors (Lipinski definition) is 3. The Morgan fingerprint density at radius 2 is 2.06 bits per heavy atom. The Kier molecular flexibility index (Phi) is 3.94. The molecule has 1 aromatic carbocycles. The summed E-state index contributed by atoms with van der Waals surface area (Å²) in [6.07, 6.45) is 1.86. The quantitative estimate of drug-likeness (QED) is 0.854. The average molecular weight is 229 g/mol. The molecule has 3 nitrogen and oxygen atoms in total. The number of rotatable bonds is 5. The monoisotopic (exact) mass is 229 g/mol.